The molecule has 0 radical (unpaired) electrons. The molecule has 3 rings (SSSR count). The minimum atomic E-state index is -0.161. The van der Waals surface area contributed by atoms with E-state index in [0.717, 1.165) is 42.8 Å². The van der Waals surface area contributed by atoms with Gasteiger partial charge in [0.1, 0.15) is 0 Å². The molecule has 2 aromatic rings. The smallest absolute Gasteiger partial charge is 0.258 e. The number of carbonyl (C=O) groups is 1. The molecule has 1 aliphatic rings. The number of aryl methyl sites for hydroxylation is 2. The molecular formula is C21H28N4O2. The van der Waals surface area contributed by atoms with Gasteiger partial charge in [-0.3, -0.25) is 4.79 Å². The zero-order valence-corrected chi connectivity index (χ0v) is 16.4. The number of piperidine rings is 1. The highest BCUT2D eigenvalue weighted by molar-refractivity contribution is 5.77. The molecule has 1 aromatic heterocycles. The van der Waals surface area contributed by atoms with Crippen LogP contribution in [0.1, 0.15) is 41.6 Å². The monoisotopic (exact) mass is 368 g/mol. The van der Waals surface area contributed by atoms with E-state index in [1.165, 1.54) is 12.0 Å². The normalized spacial score (nSPS) is 14.1. The fourth-order valence-electron chi connectivity index (χ4n) is 3.06. The summed E-state index contributed by atoms with van der Waals surface area (Å²) in [5, 5.41) is 2.88. The number of carbonyl (C=O) groups excluding carboxylic acids is 1. The van der Waals surface area contributed by atoms with E-state index in [2.05, 4.69) is 20.2 Å². The van der Waals surface area contributed by atoms with E-state index in [1.807, 2.05) is 45.0 Å². The van der Waals surface area contributed by atoms with Gasteiger partial charge in [-0.1, -0.05) is 29.8 Å². The average molecular weight is 368 g/mol. The molecule has 0 bridgehead atoms. The molecule has 0 aliphatic carbocycles. The first kappa shape index (κ1) is 19.1. The Morgan fingerprint density at radius 2 is 1.78 bits per heavy atom. The lowest BCUT2D eigenvalue weighted by Crippen LogP contribution is -2.32. The third-order valence-corrected chi connectivity index (χ3v) is 4.92. The largest absolute Gasteiger partial charge is 0.467 e. The van der Waals surface area contributed by atoms with Crippen LogP contribution >= 0.6 is 0 Å². The van der Waals surface area contributed by atoms with Crippen LogP contribution in [0.15, 0.2) is 24.3 Å². The van der Waals surface area contributed by atoms with Gasteiger partial charge >= 0.3 is 0 Å². The van der Waals surface area contributed by atoms with E-state index in [4.69, 9.17) is 4.74 Å². The summed E-state index contributed by atoms with van der Waals surface area (Å²) >= 11 is 0. The van der Waals surface area contributed by atoms with Crippen molar-refractivity contribution < 1.29 is 9.53 Å². The summed E-state index contributed by atoms with van der Waals surface area (Å²) in [6.07, 6.45) is 3.58. The lowest BCUT2D eigenvalue weighted by Gasteiger charge is -2.27. The van der Waals surface area contributed by atoms with Gasteiger partial charge in [-0.25, -0.2) is 4.98 Å². The summed E-state index contributed by atoms with van der Waals surface area (Å²) in [4.78, 5) is 23.5. The molecule has 0 atom stereocenters. The molecule has 0 saturated carbocycles. The summed E-state index contributed by atoms with van der Waals surface area (Å²) in [5.74, 6) is 1.03. The van der Waals surface area contributed by atoms with Crippen molar-refractivity contribution in [3.63, 3.8) is 0 Å². The fraction of sp³-hybridized carbons (Fsp3) is 0.476. The van der Waals surface area contributed by atoms with Crippen LogP contribution in [0.3, 0.4) is 0 Å². The minimum absolute atomic E-state index is 0.0530. The van der Waals surface area contributed by atoms with Gasteiger partial charge in [-0.15, -0.1) is 0 Å². The van der Waals surface area contributed by atoms with Crippen molar-refractivity contribution in [3.8, 4) is 5.88 Å². The number of rotatable bonds is 6. The van der Waals surface area contributed by atoms with Crippen LogP contribution in [0.2, 0.25) is 0 Å². The van der Waals surface area contributed by atoms with Crippen molar-refractivity contribution in [3.05, 3.63) is 46.6 Å². The molecule has 1 N–H and O–H groups in total. The van der Waals surface area contributed by atoms with E-state index in [-0.39, 0.29) is 12.5 Å². The standard InChI is InChI=1S/C21H28N4O2/c1-15-7-9-18(10-8-15)13-22-19(26)14-27-20-16(2)17(3)23-21(24-20)25-11-5-4-6-12-25/h7-10H,4-6,11-14H2,1-3H3,(H,22,26). The molecule has 27 heavy (non-hydrogen) atoms. The molecule has 0 spiro atoms. The van der Waals surface area contributed by atoms with E-state index < -0.39 is 0 Å². The number of amides is 1. The Hall–Kier alpha value is -2.63. The number of nitrogens with zero attached hydrogens (tertiary/aromatic N) is 3. The molecule has 144 valence electrons. The molecule has 1 amide bonds. The van der Waals surface area contributed by atoms with Gasteiger partial charge in [0.2, 0.25) is 11.8 Å². The summed E-state index contributed by atoms with van der Waals surface area (Å²) in [5.41, 5.74) is 4.03. The maximum Gasteiger partial charge on any atom is 0.258 e. The second-order valence-electron chi connectivity index (χ2n) is 7.14. The number of anilines is 1. The Kier molecular flexibility index (Phi) is 6.27. The molecule has 0 unspecified atom stereocenters. The van der Waals surface area contributed by atoms with Crippen LogP contribution in [-0.4, -0.2) is 35.6 Å². The van der Waals surface area contributed by atoms with E-state index in [1.54, 1.807) is 0 Å². The zero-order valence-electron chi connectivity index (χ0n) is 16.4. The number of benzene rings is 1. The molecular weight excluding hydrogens is 340 g/mol. The van der Waals surface area contributed by atoms with Gasteiger partial charge in [0, 0.05) is 30.9 Å². The first-order valence-corrected chi connectivity index (χ1v) is 9.58. The highest BCUT2D eigenvalue weighted by Crippen LogP contribution is 2.23. The van der Waals surface area contributed by atoms with Crippen molar-refractivity contribution in [2.45, 2.75) is 46.6 Å². The van der Waals surface area contributed by atoms with Crippen molar-refractivity contribution >= 4 is 11.9 Å². The van der Waals surface area contributed by atoms with Crippen molar-refractivity contribution in [1.29, 1.82) is 0 Å². The second-order valence-corrected chi connectivity index (χ2v) is 7.14. The summed E-state index contributed by atoms with van der Waals surface area (Å²) in [6, 6.07) is 8.10. The highest BCUT2D eigenvalue weighted by atomic mass is 16.5. The number of nitrogens with one attached hydrogen (secondary N) is 1. The maximum atomic E-state index is 12.1. The third kappa shape index (κ3) is 5.18. The Balaban J connectivity index is 1.58. The number of hydrogen-bond acceptors (Lipinski definition) is 5. The van der Waals surface area contributed by atoms with Gasteiger partial charge in [0.25, 0.3) is 5.91 Å². The second kappa shape index (κ2) is 8.84. The van der Waals surface area contributed by atoms with Crippen LogP contribution < -0.4 is 15.0 Å². The SMILES string of the molecule is Cc1ccc(CNC(=O)COc2nc(N3CCCCC3)nc(C)c2C)cc1. The topological polar surface area (TPSA) is 67.3 Å². The lowest BCUT2D eigenvalue weighted by molar-refractivity contribution is -0.123. The molecule has 6 nitrogen and oxygen atoms in total. The quantitative estimate of drug-likeness (QED) is 0.849. The van der Waals surface area contributed by atoms with Gasteiger partial charge in [-0.05, 0) is 45.6 Å². The Morgan fingerprint density at radius 1 is 1.07 bits per heavy atom. The average Bonchev–Trinajstić information content (AvgIpc) is 2.69. The lowest BCUT2D eigenvalue weighted by atomic mass is 10.1. The third-order valence-electron chi connectivity index (χ3n) is 4.92. The first-order valence-electron chi connectivity index (χ1n) is 9.58. The Labute approximate surface area is 161 Å². The number of ether oxygens (including phenoxy) is 1. The molecule has 2 heterocycles. The molecule has 1 fully saturated rings. The number of aromatic nitrogens is 2. The van der Waals surface area contributed by atoms with Gasteiger partial charge in [-0.2, -0.15) is 4.98 Å². The summed E-state index contributed by atoms with van der Waals surface area (Å²) < 4.78 is 5.73. The highest BCUT2D eigenvalue weighted by Gasteiger charge is 2.17. The van der Waals surface area contributed by atoms with Crippen LogP contribution in [-0.2, 0) is 11.3 Å². The predicted octanol–water partition coefficient (Wildman–Crippen LogP) is 3.09. The van der Waals surface area contributed by atoms with Crippen LogP contribution in [0.5, 0.6) is 5.88 Å². The van der Waals surface area contributed by atoms with E-state index in [9.17, 15) is 4.79 Å². The van der Waals surface area contributed by atoms with Gasteiger partial charge in [0.05, 0.1) is 0 Å². The summed E-state index contributed by atoms with van der Waals surface area (Å²) in [6.45, 7) is 8.30. The Bertz CT molecular complexity index is 784. The number of hydrogen-bond donors (Lipinski definition) is 1. The molecule has 1 aliphatic heterocycles. The van der Waals surface area contributed by atoms with Crippen molar-refractivity contribution in [2.75, 3.05) is 24.6 Å². The predicted molar refractivity (Wildman–Crippen MR) is 106 cm³/mol. The molecule has 1 saturated heterocycles. The maximum absolute atomic E-state index is 12.1. The van der Waals surface area contributed by atoms with Crippen molar-refractivity contribution in [1.82, 2.24) is 15.3 Å². The molecule has 6 heteroatoms. The Morgan fingerprint density at radius 3 is 2.48 bits per heavy atom. The van der Waals surface area contributed by atoms with E-state index in [0.29, 0.717) is 18.4 Å². The van der Waals surface area contributed by atoms with Gasteiger partial charge < -0.3 is 15.0 Å². The fourth-order valence-corrected chi connectivity index (χ4v) is 3.06. The van der Waals surface area contributed by atoms with Gasteiger partial charge in [0.15, 0.2) is 6.61 Å². The zero-order chi connectivity index (χ0) is 19.2. The van der Waals surface area contributed by atoms with Crippen LogP contribution in [0, 0.1) is 20.8 Å². The van der Waals surface area contributed by atoms with Crippen LogP contribution in [0.25, 0.3) is 0 Å². The van der Waals surface area contributed by atoms with E-state index >= 15 is 0 Å². The van der Waals surface area contributed by atoms with Crippen molar-refractivity contribution in [2.24, 2.45) is 0 Å². The first-order chi connectivity index (χ1) is 13.0. The minimum Gasteiger partial charge on any atom is -0.467 e. The van der Waals surface area contributed by atoms with Crippen LogP contribution in [0.4, 0.5) is 5.95 Å². The molecule has 1 aromatic carbocycles. The summed E-state index contributed by atoms with van der Waals surface area (Å²) in [7, 11) is 0.